The molecule has 1 heterocycles. The molecule has 1 aliphatic heterocycles. The monoisotopic (exact) mass is 396 g/mol. The molecule has 1 aliphatic carbocycles. The molecule has 1 atom stereocenters. The third kappa shape index (κ3) is 2.67. The molecule has 1 unspecified atom stereocenters. The maximum Gasteiger partial charge on any atom is 0.161 e. The third-order valence-corrected chi connectivity index (χ3v) is 5.19. The number of halogens is 1. The van der Waals surface area contributed by atoms with Gasteiger partial charge in [0.1, 0.15) is 6.10 Å². The molecule has 0 aromatic heterocycles. The van der Waals surface area contributed by atoms with Crippen LogP contribution in [-0.4, -0.2) is 20.3 Å². The van der Waals surface area contributed by atoms with Gasteiger partial charge in [-0.3, -0.25) is 0 Å². The van der Waals surface area contributed by atoms with E-state index in [2.05, 4.69) is 40.2 Å². The summed E-state index contributed by atoms with van der Waals surface area (Å²) in [4.78, 5) is 0. The van der Waals surface area contributed by atoms with E-state index in [1.54, 1.807) is 20.5 Å². The van der Waals surface area contributed by atoms with Gasteiger partial charge in [-0.25, -0.2) is 0 Å². The number of benzene rings is 2. The van der Waals surface area contributed by atoms with Crippen molar-refractivity contribution >= 4 is 33.2 Å². The Hall–Kier alpha value is -2.46. The first-order chi connectivity index (χ1) is 12.2. The minimum Gasteiger partial charge on any atom is -0.493 e. The topological polar surface area (TPSA) is 27.7 Å². The maximum absolute atomic E-state index is 5.85. The number of allylic oxidation sites excluding steroid dienone is 2. The first kappa shape index (κ1) is 16.0. The smallest absolute Gasteiger partial charge is 0.161 e. The Bertz CT molecular complexity index is 925. The second-order valence-corrected chi connectivity index (χ2v) is 6.67. The Balaban J connectivity index is 1.99. The van der Waals surface area contributed by atoms with Gasteiger partial charge in [0.05, 0.1) is 20.5 Å². The molecule has 3 nitrogen and oxygen atoms in total. The van der Waals surface area contributed by atoms with E-state index < -0.39 is 0 Å². The highest BCUT2D eigenvalue weighted by atomic mass is 79.9. The van der Waals surface area contributed by atoms with Crippen molar-refractivity contribution in [3.05, 3.63) is 76.0 Å². The SMILES string of the molecule is COc1cc2c(cc1OC)C1=C(c3ccccc3Br)C=COC1C=C2. The van der Waals surface area contributed by atoms with Crippen molar-refractivity contribution in [1.29, 1.82) is 0 Å². The van der Waals surface area contributed by atoms with Gasteiger partial charge in [-0.2, -0.15) is 0 Å². The minimum atomic E-state index is -0.113. The van der Waals surface area contributed by atoms with Crippen LogP contribution in [0, 0.1) is 0 Å². The molecule has 0 radical (unpaired) electrons. The lowest BCUT2D eigenvalue weighted by Gasteiger charge is -2.29. The van der Waals surface area contributed by atoms with Gasteiger partial charge < -0.3 is 14.2 Å². The van der Waals surface area contributed by atoms with E-state index in [0.29, 0.717) is 5.75 Å². The molecule has 2 aromatic rings. The van der Waals surface area contributed by atoms with Crippen LogP contribution in [0.5, 0.6) is 11.5 Å². The highest BCUT2D eigenvalue weighted by Gasteiger charge is 2.28. The van der Waals surface area contributed by atoms with Gasteiger partial charge in [0.2, 0.25) is 0 Å². The van der Waals surface area contributed by atoms with Gasteiger partial charge in [0.15, 0.2) is 11.5 Å². The highest BCUT2D eigenvalue weighted by molar-refractivity contribution is 9.10. The molecule has 0 spiro atoms. The van der Waals surface area contributed by atoms with E-state index in [-0.39, 0.29) is 6.10 Å². The molecule has 126 valence electrons. The summed E-state index contributed by atoms with van der Waals surface area (Å²) in [6, 6.07) is 12.2. The Morgan fingerprint density at radius 2 is 1.72 bits per heavy atom. The zero-order valence-corrected chi connectivity index (χ0v) is 15.5. The molecule has 0 bridgehead atoms. The summed E-state index contributed by atoms with van der Waals surface area (Å²) in [5.41, 5.74) is 5.60. The number of rotatable bonds is 3. The van der Waals surface area contributed by atoms with Crippen LogP contribution in [0.2, 0.25) is 0 Å². The zero-order valence-electron chi connectivity index (χ0n) is 14.0. The molecule has 0 amide bonds. The summed E-state index contributed by atoms with van der Waals surface area (Å²) in [7, 11) is 3.30. The largest absolute Gasteiger partial charge is 0.493 e. The van der Waals surface area contributed by atoms with Gasteiger partial charge in [-0.15, -0.1) is 0 Å². The molecular weight excluding hydrogens is 380 g/mol. The summed E-state index contributed by atoms with van der Waals surface area (Å²) in [5, 5.41) is 0. The number of methoxy groups -OCH3 is 2. The number of ether oxygens (including phenoxy) is 3. The summed E-state index contributed by atoms with van der Waals surface area (Å²) < 4.78 is 17.9. The van der Waals surface area contributed by atoms with Crippen LogP contribution in [0.1, 0.15) is 16.7 Å². The van der Waals surface area contributed by atoms with E-state index in [1.165, 1.54) is 0 Å². The maximum atomic E-state index is 5.85. The van der Waals surface area contributed by atoms with Gasteiger partial charge in [0, 0.05) is 10.0 Å². The standard InChI is InChI=1S/C21H17BrO3/c1-23-19-11-13-7-8-18-21(16(13)12-20(19)24-2)15(9-10-25-18)14-5-3-4-6-17(14)22/h3-12,18H,1-2H3. The fourth-order valence-corrected chi connectivity index (χ4v) is 3.81. The highest BCUT2D eigenvalue weighted by Crippen LogP contribution is 2.44. The molecular formula is C21H17BrO3. The second-order valence-electron chi connectivity index (χ2n) is 5.82. The zero-order chi connectivity index (χ0) is 17.4. The summed E-state index contributed by atoms with van der Waals surface area (Å²) in [5.74, 6) is 1.43. The Morgan fingerprint density at radius 1 is 0.960 bits per heavy atom. The Kier molecular flexibility index (Phi) is 4.14. The van der Waals surface area contributed by atoms with E-state index in [9.17, 15) is 0 Å². The number of fused-ring (bicyclic) bond motifs is 3. The number of hydrogen-bond donors (Lipinski definition) is 0. The molecule has 2 aliphatic rings. The summed E-state index contributed by atoms with van der Waals surface area (Å²) >= 11 is 3.67. The van der Waals surface area contributed by atoms with Crippen molar-refractivity contribution in [3.8, 4) is 11.5 Å². The quantitative estimate of drug-likeness (QED) is 0.702. The van der Waals surface area contributed by atoms with E-state index in [4.69, 9.17) is 14.2 Å². The van der Waals surface area contributed by atoms with Crippen LogP contribution >= 0.6 is 15.9 Å². The van der Waals surface area contributed by atoms with Crippen molar-refractivity contribution in [1.82, 2.24) is 0 Å². The molecule has 0 saturated carbocycles. The van der Waals surface area contributed by atoms with Gasteiger partial charge in [-0.05, 0) is 52.6 Å². The predicted octanol–water partition coefficient (Wildman–Crippen LogP) is 5.32. The van der Waals surface area contributed by atoms with Crippen molar-refractivity contribution in [2.24, 2.45) is 0 Å². The first-order valence-corrected chi connectivity index (χ1v) is 8.78. The molecule has 25 heavy (non-hydrogen) atoms. The Labute approximate surface area is 155 Å². The number of hydrogen-bond acceptors (Lipinski definition) is 3. The van der Waals surface area contributed by atoms with Crippen LogP contribution in [0.3, 0.4) is 0 Å². The fraction of sp³-hybridized carbons (Fsp3) is 0.143. The molecule has 0 fully saturated rings. The fourth-order valence-electron chi connectivity index (χ4n) is 3.31. The lowest BCUT2D eigenvalue weighted by atomic mass is 9.83. The summed E-state index contributed by atoms with van der Waals surface area (Å²) in [6.45, 7) is 0. The second kappa shape index (κ2) is 6.45. The van der Waals surface area contributed by atoms with Crippen molar-refractivity contribution in [2.45, 2.75) is 6.10 Å². The lowest BCUT2D eigenvalue weighted by molar-refractivity contribution is 0.233. The van der Waals surface area contributed by atoms with Crippen LogP contribution in [0.25, 0.3) is 17.2 Å². The minimum absolute atomic E-state index is 0.113. The van der Waals surface area contributed by atoms with Crippen molar-refractivity contribution < 1.29 is 14.2 Å². The van der Waals surface area contributed by atoms with E-state index in [1.807, 2.05) is 30.3 Å². The average Bonchev–Trinajstić information content (AvgIpc) is 2.66. The van der Waals surface area contributed by atoms with E-state index in [0.717, 1.165) is 38.1 Å². The van der Waals surface area contributed by atoms with Crippen LogP contribution in [-0.2, 0) is 4.74 Å². The molecule has 2 aromatic carbocycles. The van der Waals surface area contributed by atoms with Gasteiger partial charge >= 0.3 is 0 Å². The van der Waals surface area contributed by atoms with Gasteiger partial charge in [0.25, 0.3) is 0 Å². The van der Waals surface area contributed by atoms with Crippen LogP contribution < -0.4 is 9.47 Å². The lowest BCUT2D eigenvalue weighted by Crippen LogP contribution is -2.18. The first-order valence-electron chi connectivity index (χ1n) is 7.98. The molecule has 0 N–H and O–H groups in total. The average molecular weight is 397 g/mol. The van der Waals surface area contributed by atoms with Crippen LogP contribution in [0.15, 0.2) is 59.3 Å². The van der Waals surface area contributed by atoms with Crippen molar-refractivity contribution in [3.63, 3.8) is 0 Å². The summed E-state index contributed by atoms with van der Waals surface area (Å²) in [6.07, 6.45) is 7.81. The molecule has 0 saturated heterocycles. The third-order valence-electron chi connectivity index (χ3n) is 4.50. The normalized spacial score (nSPS) is 17.6. The predicted molar refractivity (Wildman–Crippen MR) is 104 cm³/mol. The molecule has 4 rings (SSSR count). The van der Waals surface area contributed by atoms with E-state index >= 15 is 0 Å². The van der Waals surface area contributed by atoms with Gasteiger partial charge in [-0.1, -0.05) is 40.2 Å². The molecule has 4 heteroatoms. The van der Waals surface area contributed by atoms with Crippen LogP contribution in [0.4, 0.5) is 0 Å². The van der Waals surface area contributed by atoms with Crippen molar-refractivity contribution in [2.75, 3.05) is 14.2 Å². The Morgan fingerprint density at radius 3 is 2.48 bits per heavy atom.